The summed E-state index contributed by atoms with van der Waals surface area (Å²) in [4.78, 5) is 0. The Hall–Kier alpha value is -0.770. The first-order valence-electron chi connectivity index (χ1n) is 6.49. The summed E-state index contributed by atoms with van der Waals surface area (Å²) < 4.78 is 11.2. The van der Waals surface area contributed by atoms with E-state index in [9.17, 15) is 0 Å². The van der Waals surface area contributed by atoms with Gasteiger partial charge in [-0.3, -0.25) is 0 Å². The van der Waals surface area contributed by atoms with Gasteiger partial charge in [-0.05, 0) is 38.0 Å². The molecule has 0 aromatic heterocycles. The van der Waals surface area contributed by atoms with Crippen molar-refractivity contribution in [2.45, 2.75) is 31.9 Å². The van der Waals surface area contributed by atoms with Crippen molar-refractivity contribution >= 4 is 11.6 Å². The molecule has 100 valence electrons. The van der Waals surface area contributed by atoms with Crippen molar-refractivity contribution in [3.63, 3.8) is 0 Å². The molecule has 1 aromatic rings. The lowest BCUT2D eigenvalue weighted by Crippen LogP contribution is -2.39. The predicted molar refractivity (Wildman–Crippen MR) is 73.4 cm³/mol. The molecule has 0 aliphatic carbocycles. The molecular weight excluding hydrogens is 250 g/mol. The minimum absolute atomic E-state index is 0.358. The number of hydrogen-bond acceptors (Lipinski definition) is 3. The van der Waals surface area contributed by atoms with Crippen molar-refractivity contribution in [3.8, 4) is 5.75 Å². The largest absolute Gasteiger partial charge is 0.492 e. The molecule has 2 atom stereocenters. The average Bonchev–Trinajstić information content (AvgIpc) is 2.88. The van der Waals surface area contributed by atoms with E-state index < -0.39 is 0 Å². The van der Waals surface area contributed by atoms with E-state index in [1.807, 2.05) is 24.3 Å². The third-order valence-corrected chi connectivity index (χ3v) is 3.39. The molecule has 1 aromatic carbocycles. The van der Waals surface area contributed by atoms with Gasteiger partial charge < -0.3 is 14.8 Å². The molecule has 1 N–H and O–H groups in total. The molecule has 1 heterocycles. The first-order chi connectivity index (χ1) is 8.75. The molecule has 18 heavy (non-hydrogen) atoms. The fraction of sp³-hybridized carbons (Fsp3) is 0.571. The SMILES string of the molecule is CC(NCCOc1cccc(Cl)c1)C1CCCO1. The van der Waals surface area contributed by atoms with Gasteiger partial charge in [0.25, 0.3) is 0 Å². The van der Waals surface area contributed by atoms with E-state index >= 15 is 0 Å². The van der Waals surface area contributed by atoms with Crippen LogP contribution in [0.25, 0.3) is 0 Å². The summed E-state index contributed by atoms with van der Waals surface area (Å²) in [5, 5.41) is 4.13. The minimum Gasteiger partial charge on any atom is -0.492 e. The second kappa shape index (κ2) is 6.98. The molecule has 0 saturated carbocycles. The molecule has 0 amide bonds. The van der Waals surface area contributed by atoms with Crippen molar-refractivity contribution in [1.82, 2.24) is 5.32 Å². The highest BCUT2D eigenvalue weighted by Crippen LogP contribution is 2.17. The average molecular weight is 270 g/mol. The molecular formula is C14H20ClNO2. The Labute approximate surface area is 113 Å². The Morgan fingerprint density at radius 1 is 1.56 bits per heavy atom. The number of halogens is 1. The number of benzene rings is 1. The van der Waals surface area contributed by atoms with E-state index in [4.69, 9.17) is 21.1 Å². The monoisotopic (exact) mass is 269 g/mol. The number of rotatable bonds is 6. The summed E-state index contributed by atoms with van der Waals surface area (Å²) in [6.45, 7) is 4.51. The van der Waals surface area contributed by atoms with Crippen LogP contribution >= 0.6 is 11.6 Å². The van der Waals surface area contributed by atoms with Crippen molar-refractivity contribution in [3.05, 3.63) is 29.3 Å². The van der Waals surface area contributed by atoms with E-state index in [0.29, 0.717) is 23.8 Å². The van der Waals surface area contributed by atoms with Crippen LogP contribution < -0.4 is 10.1 Å². The van der Waals surface area contributed by atoms with Crippen LogP contribution in [-0.4, -0.2) is 31.9 Å². The van der Waals surface area contributed by atoms with Crippen LogP contribution in [0, 0.1) is 0 Å². The molecule has 3 nitrogen and oxygen atoms in total. The fourth-order valence-corrected chi connectivity index (χ4v) is 2.32. The molecule has 0 bridgehead atoms. The molecule has 1 aliphatic heterocycles. The van der Waals surface area contributed by atoms with Gasteiger partial charge in [-0.1, -0.05) is 17.7 Å². The predicted octanol–water partition coefficient (Wildman–Crippen LogP) is 2.88. The fourth-order valence-electron chi connectivity index (χ4n) is 2.14. The maximum absolute atomic E-state index is 5.88. The van der Waals surface area contributed by atoms with E-state index in [-0.39, 0.29) is 0 Å². The van der Waals surface area contributed by atoms with Gasteiger partial charge in [-0.15, -0.1) is 0 Å². The van der Waals surface area contributed by atoms with Crippen molar-refractivity contribution in [2.75, 3.05) is 19.8 Å². The second-order valence-electron chi connectivity index (χ2n) is 4.60. The molecule has 1 aliphatic rings. The van der Waals surface area contributed by atoms with E-state index in [2.05, 4.69) is 12.2 Å². The Morgan fingerprint density at radius 3 is 3.17 bits per heavy atom. The summed E-state index contributed by atoms with van der Waals surface area (Å²) in [5.74, 6) is 0.814. The topological polar surface area (TPSA) is 30.5 Å². The number of ether oxygens (including phenoxy) is 2. The van der Waals surface area contributed by atoms with Gasteiger partial charge in [0.2, 0.25) is 0 Å². The summed E-state index contributed by atoms with van der Waals surface area (Å²) >= 11 is 5.88. The number of nitrogens with one attached hydrogen (secondary N) is 1. The quantitative estimate of drug-likeness (QED) is 0.806. The first kappa shape index (κ1) is 13.7. The van der Waals surface area contributed by atoms with E-state index in [1.54, 1.807) is 0 Å². The third-order valence-electron chi connectivity index (χ3n) is 3.16. The standard InChI is InChI=1S/C14H20ClNO2/c1-11(14-6-3-8-18-14)16-7-9-17-13-5-2-4-12(15)10-13/h2,4-5,10-11,14,16H,3,6-9H2,1H3. The zero-order valence-corrected chi connectivity index (χ0v) is 11.5. The van der Waals surface area contributed by atoms with Crippen LogP contribution in [0.2, 0.25) is 5.02 Å². The van der Waals surface area contributed by atoms with Gasteiger partial charge in [-0.2, -0.15) is 0 Å². The number of hydrogen-bond donors (Lipinski definition) is 1. The van der Waals surface area contributed by atoms with Crippen LogP contribution in [0.5, 0.6) is 5.75 Å². The van der Waals surface area contributed by atoms with E-state index in [1.165, 1.54) is 6.42 Å². The van der Waals surface area contributed by atoms with Crippen LogP contribution in [0.3, 0.4) is 0 Å². The normalized spacial score (nSPS) is 20.9. The maximum atomic E-state index is 5.88. The van der Waals surface area contributed by atoms with Gasteiger partial charge in [0.1, 0.15) is 12.4 Å². The Morgan fingerprint density at radius 2 is 2.44 bits per heavy atom. The van der Waals surface area contributed by atoms with Gasteiger partial charge in [0.15, 0.2) is 0 Å². The van der Waals surface area contributed by atoms with Crippen LogP contribution in [0.1, 0.15) is 19.8 Å². The van der Waals surface area contributed by atoms with Crippen molar-refractivity contribution in [2.24, 2.45) is 0 Å². The smallest absolute Gasteiger partial charge is 0.120 e. The summed E-state index contributed by atoms with van der Waals surface area (Å²) in [7, 11) is 0. The third kappa shape index (κ3) is 4.16. The lowest BCUT2D eigenvalue weighted by Gasteiger charge is -2.20. The van der Waals surface area contributed by atoms with Crippen LogP contribution in [0.4, 0.5) is 0 Å². The molecule has 1 saturated heterocycles. The molecule has 1 fully saturated rings. The molecule has 4 heteroatoms. The van der Waals surface area contributed by atoms with E-state index in [0.717, 1.165) is 25.3 Å². The first-order valence-corrected chi connectivity index (χ1v) is 6.87. The van der Waals surface area contributed by atoms with Crippen molar-refractivity contribution < 1.29 is 9.47 Å². The Balaban J connectivity index is 1.63. The Bertz CT molecular complexity index is 367. The molecule has 0 radical (unpaired) electrons. The minimum atomic E-state index is 0.358. The molecule has 0 spiro atoms. The lowest BCUT2D eigenvalue weighted by atomic mass is 10.1. The van der Waals surface area contributed by atoms with Crippen molar-refractivity contribution in [1.29, 1.82) is 0 Å². The highest BCUT2D eigenvalue weighted by molar-refractivity contribution is 6.30. The van der Waals surface area contributed by atoms with Gasteiger partial charge in [0.05, 0.1) is 6.10 Å². The zero-order chi connectivity index (χ0) is 12.8. The summed E-state index contributed by atoms with van der Waals surface area (Å²) in [6, 6.07) is 7.85. The second-order valence-corrected chi connectivity index (χ2v) is 5.04. The zero-order valence-electron chi connectivity index (χ0n) is 10.7. The van der Waals surface area contributed by atoms with Gasteiger partial charge in [0, 0.05) is 24.2 Å². The highest BCUT2D eigenvalue weighted by atomic mass is 35.5. The lowest BCUT2D eigenvalue weighted by molar-refractivity contribution is 0.0824. The Kier molecular flexibility index (Phi) is 5.29. The molecule has 2 unspecified atom stereocenters. The van der Waals surface area contributed by atoms with Gasteiger partial charge in [-0.25, -0.2) is 0 Å². The van der Waals surface area contributed by atoms with Crippen LogP contribution in [-0.2, 0) is 4.74 Å². The van der Waals surface area contributed by atoms with Crippen LogP contribution in [0.15, 0.2) is 24.3 Å². The summed E-state index contributed by atoms with van der Waals surface area (Å²) in [6.07, 6.45) is 2.69. The molecule has 2 rings (SSSR count). The summed E-state index contributed by atoms with van der Waals surface area (Å²) in [5.41, 5.74) is 0. The van der Waals surface area contributed by atoms with Gasteiger partial charge >= 0.3 is 0 Å². The highest BCUT2D eigenvalue weighted by Gasteiger charge is 2.21. The maximum Gasteiger partial charge on any atom is 0.120 e.